The summed E-state index contributed by atoms with van der Waals surface area (Å²) in [6.07, 6.45) is -3.88. The van der Waals surface area contributed by atoms with Gasteiger partial charge < -0.3 is 0 Å². The molecule has 1 aromatic carbocycles. The van der Waals surface area contributed by atoms with Crippen molar-refractivity contribution in [2.24, 2.45) is 0 Å². The third kappa shape index (κ3) is 3.84. The van der Waals surface area contributed by atoms with Crippen LogP contribution in [0.3, 0.4) is 0 Å². The van der Waals surface area contributed by atoms with Gasteiger partial charge in [-0.2, -0.15) is 13.2 Å². The SMILES string of the molecule is Cc1ccc(-c2cccs2)cc1N(C)S(=O)(=O)c1ccnc(C(F)(F)F)c1. The fourth-order valence-corrected chi connectivity index (χ4v) is 4.55. The normalized spacial score (nSPS) is 12.2. The lowest BCUT2D eigenvalue weighted by atomic mass is 10.1. The molecule has 0 radical (unpaired) electrons. The predicted molar refractivity (Wildman–Crippen MR) is 99.3 cm³/mol. The van der Waals surface area contributed by atoms with Crippen LogP contribution >= 0.6 is 11.3 Å². The molecule has 0 saturated carbocycles. The zero-order chi connectivity index (χ0) is 19.8. The first-order valence-electron chi connectivity index (χ1n) is 7.77. The van der Waals surface area contributed by atoms with Gasteiger partial charge in [-0.15, -0.1) is 11.3 Å². The van der Waals surface area contributed by atoms with E-state index in [4.69, 9.17) is 0 Å². The number of benzene rings is 1. The molecule has 4 nitrogen and oxygen atoms in total. The second-order valence-electron chi connectivity index (χ2n) is 5.83. The zero-order valence-electron chi connectivity index (χ0n) is 14.4. The molecule has 0 aliphatic rings. The number of pyridine rings is 1. The van der Waals surface area contributed by atoms with E-state index < -0.39 is 26.8 Å². The summed E-state index contributed by atoms with van der Waals surface area (Å²) in [5.74, 6) is 0. The monoisotopic (exact) mass is 412 g/mol. The van der Waals surface area contributed by atoms with Crippen LogP contribution in [0.2, 0.25) is 0 Å². The van der Waals surface area contributed by atoms with Crippen molar-refractivity contribution in [2.45, 2.75) is 18.0 Å². The first-order chi connectivity index (χ1) is 12.6. The Balaban J connectivity index is 2.05. The number of thiophene rings is 1. The second-order valence-corrected chi connectivity index (χ2v) is 8.74. The van der Waals surface area contributed by atoms with Crippen LogP contribution in [0, 0.1) is 6.92 Å². The maximum Gasteiger partial charge on any atom is 0.433 e. The van der Waals surface area contributed by atoms with E-state index in [2.05, 4.69) is 4.98 Å². The van der Waals surface area contributed by atoms with Crippen LogP contribution in [0.5, 0.6) is 0 Å². The maximum absolute atomic E-state index is 12.9. The van der Waals surface area contributed by atoms with E-state index in [1.807, 2.05) is 23.6 Å². The molecule has 2 aromatic heterocycles. The summed E-state index contributed by atoms with van der Waals surface area (Å²) in [6.45, 7) is 1.74. The van der Waals surface area contributed by atoms with Gasteiger partial charge in [-0.05, 0) is 47.7 Å². The third-order valence-electron chi connectivity index (χ3n) is 4.03. The van der Waals surface area contributed by atoms with Crippen molar-refractivity contribution in [3.63, 3.8) is 0 Å². The molecule has 0 fully saturated rings. The van der Waals surface area contributed by atoms with Gasteiger partial charge in [0.1, 0.15) is 5.69 Å². The summed E-state index contributed by atoms with van der Waals surface area (Å²) in [5.41, 5.74) is 0.664. The lowest BCUT2D eigenvalue weighted by molar-refractivity contribution is -0.141. The van der Waals surface area contributed by atoms with E-state index in [1.54, 1.807) is 19.1 Å². The maximum atomic E-state index is 12.9. The highest BCUT2D eigenvalue weighted by atomic mass is 32.2. The lowest BCUT2D eigenvalue weighted by Crippen LogP contribution is -2.27. The number of sulfonamides is 1. The molecule has 142 valence electrons. The number of anilines is 1. The van der Waals surface area contributed by atoms with Crippen molar-refractivity contribution in [2.75, 3.05) is 11.4 Å². The molecule has 3 aromatic rings. The Morgan fingerprint density at radius 3 is 2.48 bits per heavy atom. The molecule has 0 bridgehead atoms. The molecular formula is C18H15F3N2O2S2. The van der Waals surface area contributed by atoms with Crippen molar-refractivity contribution < 1.29 is 21.6 Å². The summed E-state index contributed by atoms with van der Waals surface area (Å²) < 4.78 is 65.4. The Morgan fingerprint density at radius 1 is 1.11 bits per heavy atom. The fourth-order valence-electron chi connectivity index (χ4n) is 2.56. The van der Waals surface area contributed by atoms with Crippen LogP contribution in [0.1, 0.15) is 11.3 Å². The minimum absolute atomic E-state index is 0.395. The molecule has 0 N–H and O–H groups in total. The van der Waals surface area contributed by atoms with Crippen LogP contribution in [-0.4, -0.2) is 20.4 Å². The fraction of sp³-hybridized carbons (Fsp3) is 0.167. The summed E-state index contributed by atoms with van der Waals surface area (Å²) in [7, 11) is -2.86. The Bertz CT molecular complexity index is 1060. The predicted octanol–water partition coefficient (Wildman–Crippen LogP) is 4.96. The molecule has 0 saturated heterocycles. The van der Waals surface area contributed by atoms with Gasteiger partial charge in [0.15, 0.2) is 0 Å². The van der Waals surface area contributed by atoms with Crippen LogP contribution < -0.4 is 4.31 Å². The lowest BCUT2D eigenvalue weighted by Gasteiger charge is -2.22. The van der Waals surface area contributed by atoms with Crippen molar-refractivity contribution in [3.8, 4) is 10.4 Å². The summed E-state index contributed by atoms with van der Waals surface area (Å²) in [6, 6.07) is 10.8. The summed E-state index contributed by atoms with van der Waals surface area (Å²) in [4.78, 5) is 3.71. The van der Waals surface area contributed by atoms with Gasteiger partial charge in [-0.3, -0.25) is 9.29 Å². The van der Waals surface area contributed by atoms with Gasteiger partial charge in [0.2, 0.25) is 0 Å². The Labute approximate surface area is 159 Å². The number of alkyl halides is 3. The van der Waals surface area contributed by atoms with E-state index in [-0.39, 0.29) is 0 Å². The van der Waals surface area contributed by atoms with Gasteiger partial charge in [-0.1, -0.05) is 18.2 Å². The Hall–Kier alpha value is -2.39. The highest BCUT2D eigenvalue weighted by Crippen LogP contribution is 2.33. The Morgan fingerprint density at radius 2 is 1.85 bits per heavy atom. The molecule has 2 heterocycles. The van der Waals surface area contributed by atoms with E-state index in [0.717, 1.165) is 27.0 Å². The number of nitrogens with zero attached hydrogens (tertiary/aromatic N) is 2. The van der Waals surface area contributed by atoms with Crippen molar-refractivity contribution in [1.82, 2.24) is 4.98 Å². The zero-order valence-corrected chi connectivity index (χ0v) is 16.0. The molecule has 0 spiro atoms. The molecule has 0 atom stereocenters. The van der Waals surface area contributed by atoms with Gasteiger partial charge in [-0.25, -0.2) is 8.42 Å². The van der Waals surface area contributed by atoms with E-state index in [0.29, 0.717) is 17.3 Å². The number of rotatable bonds is 4. The van der Waals surface area contributed by atoms with Crippen LogP contribution in [0.25, 0.3) is 10.4 Å². The van der Waals surface area contributed by atoms with E-state index in [9.17, 15) is 21.6 Å². The number of halogens is 3. The summed E-state index contributed by atoms with van der Waals surface area (Å²) in [5, 5.41) is 1.91. The first kappa shape index (κ1) is 19.4. The molecule has 0 aliphatic carbocycles. The minimum Gasteiger partial charge on any atom is -0.269 e. The quantitative estimate of drug-likeness (QED) is 0.608. The number of hydrogen-bond donors (Lipinski definition) is 0. The van der Waals surface area contributed by atoms with Crippen molar-refractivity contribution >= 4 is 27.0 Å². The second kappa shape index (κ2) is 6.97. The van der Waals surface area contributed by atoms with Crippen LogP contribution in [-0.2, 0) is 16.2 Å². The molecule has 0 aliphatic heterocycles. The molecule has 9 heteroatoms. The topological polar surface area (TPSA) is 50.3 Å². The molecular weight excluding hydrogens is 397 g/mol. The van der Waals surface area contributed by atoms with E-state index >= 15 is 0 Å². The number of aromatic nitrogens is 1. The van der Waals surface area contributed by atoms with Crippen LogP contribution in [0.15, 0.2) is 58.9 Å². The first-order valence-corrected chi connectivity index (χ1v) is 10.1. The van der Waals surface area contributed by atoms with Gasteiger partial charge in [0, 0.05) is 18.1 Å². The highest BCUT2D eigenvalue weighted by molar-refractivity contribution is 7.92. The average molecular weight is 412 g/mol. The molecule has 0 amide bonds. The number of hydrogen-bond acceptors (Lipinski definition) is 4. The largest absolute Gasteiger partial charge is 0.433 e. The standard InChI is InChI=1S/C18H15F3N2O2S2/c1-12-5-6-13(16-4-3-9-26-16)10-15(12)23(2)27(24,25)14-7-8-22-17(11-14)18(19,20)21/h3-11H,1-2H3. The van der Waals surface area contributed by atoms with Gasteiger partial charge in [0.05, 0.1) is 10.6 Å². The average Bonchev–Trinajstić information content (AvgIpc) is 3.15. The highest BCUT2D eigenvalue weighted by Gasteiger charge is 2.34. The van der Waals surface area contributed by atoms with Crippen molar-refractivity contribution in [3.05, 3.63) is 65.3 Å². The molecule has 0 unspecified atom stereocenters. The molecule has 27 heavy (non-hydrogen) atoms. The van der Waals surface area contributed by atoms with Gasteiger partial charge in [0.25, 0.3) is 10.0 Å². The third-order valence-corrected chi connectivity index (χ3v) is 6.72. The Kier molecular flexibility index (Phi) is 5.00. The summed E-state index contributed by atoms with van der Waals surface area (Å²) >= 11 is 1.51. The van der Waals surface area contributed by atoms with E-state index in [1.165, 1.54) is 18.4 Å². The number of aryl methyl sites for hydroxylation is 1. The molecule has 3 rings (SSSR count). The van der Waals surface area contributed by atoms with Crippen molar-refractivity contribution in [1.29, 1.82) is 0 Å². The van der Waals surface area contributed by atoms with Crippen LogP contribution in [0.4, 0.5) is 18.9 Å². The van der Waals surface area contributed by atoms with Gasteiger partial charge >= 0.3 is 6.18 Å². The minimum atomic E-state index is -4.72. The smallest absolute Gasteiger partial charge is 0.269 e.